The van der Waals surface area contributed by atoms with Crippen molar-refractivity contribution in [2.45, 2.75) is 33.2 Å². The summed E-state index contributed by atoms with van der Waals surface area (Å²) in [7, 11) is 0. The second-order valence-corrected chi connectivity index (χ2v) is 6.27. The number of likely N-dealkylation sites (tertiary alicyclic amines) is 1. The van der Waals surface area contributed by atoms with Gasteiger partial charge >= 0.3 is 0 Å². The molecule has 1 aliphatic rings. The molecule has 1 saturated heterocycles. The summed E-state index contributed by atoms with van der Waals surface area (Å²) < 4.78 is 5.68. The Morgan fingerprint density at radius 3 is 3.14 bits per heavy atom. The Morgan fingerprint density at radius 1 is 1.45 bits per heavy atom. The minimum Gasteiger partial charge on any atom is -0.460 e. The summed E-state index contributed by atoms with van der Waals surface area (Å²) in [6, 6.07) is 3.97. The van der Waals surface area contributed by atoms with E-state index in [2.05, 4.69) is 27.3 Å². The summed E-state index contributed by atoms with van der Waals surface area (Å²) >= 11 is 0. The number of hydrogen-bond acceptors (Lipinski definition) is 4. The monoisotopic (exact) mass is 302 g/mol. The quantitative estimate of drug-likeness (QED) is 0.826. The topological polar surface area (TPSA) is 57.1 Å². The van der Waals surface area contributed by atoms with Gasteiger partial charge in [-0.25, -0.2) is 0 Å². The van der Waals surface area contributed by atoms with Gasteiger partial charge in [0.15, 0.2) is 5.76 Å². The number of rotatable bonds is 7. The Labute approximate surface area is 132 Å². The Bertz CT molecular complexity index is 589. The molecule has 1 aliphatic heterocycles. The summed E-state index contributed by atoms with van der Waals surface area (Å²) in [4.78, 5) is 2.57. The summed E-state index contributed by atoms with van der Waals surface area (Å²) in [5, 5.41) is 10.8. The van der Waals surface area contributed by atoms with E-state index in [1.807, 2.05) is 25.3 Å². The predicted octanol–water partition coefficient (Wildman–Crippen LogP) is 2.80. The second-order valence-electron chi connectivity index (χ2n) is 6.27. The first-order chi connectivity index (χ1) is 10.8. The Kier molecular flexibility index (Phi) is 4.95. The van der Waals surface area contributed by atoms with E-state index in [4.69, 9.17) is 4.42 Å². The van der Waals surface area contributed by atoms with E-state index in [0.29, 0.717) is 0 Å². The van der Waals surface area contributed by atoms with Crippen LogP contribution in [0.5, 0.6) is 0 Å². The third-order valence-corrected chi connectivity index (χ3v) is 4.36. The molecular formula is C17H26N4O. The lowest BCUT2D eigenvalue weighted by Gasteiger charge is -2.15. The first kappa shape index (κ1) is 15.3. The van der Waals surface area contributed by atoms with Crippen LogP contribution in [-0.4, -0.2) is 41.3 Å². The third kappa shape index (κ3) is 3.59. The highest BCUT2D eigenvalue weighted by Gasteiger charge is 2.21. The molecule has 1 unspecified atom stereocenters. The lowest BCUT2D eigenvalue weighted by Crippen LogP contribution is -2.26. The molecule has 0 bridgehead atoms. The lowest BCUT2D eigenvalue weighted by atomic mass is 10.1. The number of aromatic nitrogens is 2. The number of hydrogen-bond donors (Lipinski definition) is 2. The van der Waals surface area contributed by atoms with Gasteiger partial charge in [0, 0.05) is 18.7 Å². The molecule has 120 valence electrons. The highest BCUT2D eigenvalue weighted by molar-refractivity contribution is 5.56. The fourth-order valence-corrected chi connectivity index (χ4v) is 3.24. The van der Waals surface area contributed by atoms with Crippen LogP contribution in [0.1, 0.15) is 31.1 Å². The molecular weight excluding hydrogens is 276 g/mol. The zero-order valence-electron chi connectivity index (χ0n) is 13.6. The molecule has 5 heteroatoms. The number of H-pyrrole nitrogens is 1. The van der Waals surface area contributed by atoms with E-state index in [1.165, 1.54) is 32.5 Å². The molecule has 0 aliphatic carbocycles. The number of nitrogens with zero attached hydrogens (tertiary/aromatic N) is 2. The van der Waals surface area contributed by atoms with Crippen LogP contribution in [0.4, 0.5) is 0 Å². The molecule has 0 amide bonds. The Balaban J connectivity index is 1.50. The average molecular weight is 302 g/mol. The van der Waals surface area contributed by atoms with Crippen LogP contribution in [-0.2, 0) is 6.54 Å². The summed E-state index contributed by atoms with van der Waals surface area (Å²) in [5.74, 6) is 2.56. The van der Waals surface area contributed by atoms with Gasteiger partial charge < -0.3 is 14.6 Å². The number of aromatic amines is 1. The van der Waals surface area contributed by atoms with E-state index in [-0.39, 0.29) is 0 Å². The van der Waals surface area contributed by atoms with E-state index >= 15 is 0 Å². The van der Waals surface area contributed by atoms with Crippen LogP contribution in [0, 0.1) is 12.8 Å². The zero-order valence-corrected chi connectivity index (χ0v) is 13.6. The van der Waals surface area contributed by atoms with Crippen molar-refractivity contribution in [2.75, 3.05) is 26.2 Å². The van der Waals surface area contributed by atoms with Crippen LogP contribution in [0.2, 0.25) is 0 Å². The maximum atomic E-state index is 5.68. The van der Waals surface area contributed by atoms with Gasteiger partial charge in [-0.05, 0) is 57.5 Å². The van der Waals surface area contributed by atoms with E-state index in [1.54, 1.807) is 0 Å². The molecule has 5 nitrogen and oxygen atoms in total. The molecule has 2 N–H and O–H groups in total. The van der Waals surface area contributed by atoms with Gasteiger partial charge in [-0.1, -0.05) is 6.92 Å². The minimum absolute atomic E-state index is 0.771. The van der Waals surface area contributed by atoms with E-state index in [0.717, 1.165) is 41.8 Å². The van der Waals surface area contributed by atoms with Gasteiger partial charge in [0.05, 0.1) is 6.20 Å². The number of nitrogens with one attached hydrogen (secondary N) is 2. The van der Waals surface area contributed by atoms with E-state index in [9.17, 15) is 0 Å². The Morgan fingerprint density at radius 2 is 2.36 bits per heavy atom. The van der Waals surface area contributed by atoms with Gasteiger partial charge in [0.25, 0.3) is 0 Å². The summed E-state index contributed by atoms with van der Waals surface area (Å²) in [6.45, 7) is 9.83. The summed E-state index contributed by atoms with van der Waals surface area (Å²) in [5.41, 5.74) is 2.15. The van der Waals surface area contributed by atoms with Crippen molar-refractivity contribution in [1.82, 2.24) is 20.4 Å². The highest BCUT2D eigenvalue weighted by Crippen LogP contribution is 2.23. The van der Waals surface area contributed by atoms with Crippen molar-refractivity contribution in [1.29, 1.82) is 0 Å². The van der Waals surface area contributed by atoms with Gasteiger partial charge in [-0.2, -0.15) is 5.10 Å². The molecule has 0 spiro atoms. The number of aryl methyl sites for hydroxylation is 1. The molecule has 0 saturated carbocycles. The maximum absolute atomic E-state index is 5.68. The van der Waals surface area contributed by atoms with Crippen LogP contribution in [0.15, 0.2) is 22.7 Å². The van der Waals surface area contributed by atoms with Crippen LogP contribution >= 0.6 is 0 Å². The molecule has 1 fully saturated rings. The van der Waals surface area contributed by atoms with Crippen LogP contribution in [0.25, 0.3) is 11.5 Å². The van der Waals surface area contributed by atoms with Crippen molar-refractivity contribution in [3.63, 3.8) is 0 Å². The normalized spacial score (nSPS) is 19.1. The lowest BCUT2D eigenvalue weighted by molar-refractivity contribution is 0.322. The third-order valence-electron chi connectivity index (χ3n) is 4.36. The fourth-order valence-electron chi connectivity index (χ4n) is 3.24. The smallest absolute Gasteiger partial charge is 0.152 e. The molecule has 0 radical (unpaired) electrons. The fraction of sp³-hybridized carbons (Fsp3) is 0.588. The van der Waals surface area contributed by atoms with Crippen molar-refractivity contribution in [3.8, 4) is 11.5 Å². The minimum atomic E-state index is 0.771. The average Bonchev–Trinajstić information content (AvgIpc) is 3.21. The molecule has 2 aromatic heterocycles. The van der Waals surface area contributed by atoms with Crippen LogP contribution < -0.4 is 5.32 Å². The number of furan rings is 1. The summed E-state index contributed by atoms with van der Waals surface area (Å²) in [6.07, 6.45) is 4.45. The Hall–Kier alpha value is -1.59. The van der Waals surface area contributed by atoms with Gasteiger partial charge in [0.1, 0.15) is 11.5 Å². The van der Waals surface area contributed by atoms with Crippen molar-refractivity contribution < 1.29 is 4.42 Å². The standard InChI is InChI=1S/C17H26N4O/c1-3-7-21-8-6-14(12-21)9-18-10-15-11-19-20-17(15)16-5-4-13(2)22-16/h4-5,11,14,18H,3,6-10,12H2,1-2H3,(H,19,20). The largest absolute Gasteiger partial charge is 0.460 e. The SMILES string of the molecule is CCCN1CCC(CNCc2cn[nH]c2-c2ccc(C)o2)C1. The molecule has 2 aromatic rings. The molecule has 0 aromatic carbocycles. The molecule has 1 atom stereocenters. The van der Waals surface area contributed by atoms with Crippen molar-refractivity contribution in [3.05, 3.63) is 29.7 Å². The predicted molar refractivity (Wildman–Crippen MR) is 87.6 cm³/mol. The van der Waals surface area contributed by atoms with Crippen LogP contribution in [0.3, 0.4) is 0 Å². The molecule has 3 heterocycles. The van der Waals surface area contributed by atoms with Crippen molar-refractivity contribution >= 4 is 0 Å². The highest BCUT2D eigenvalue weighted by atomic mass is 16.3. The molecule has 22 heavy (non-hydrogen) atoms. The van der Waals surface area contributed by atoms with Gasteiger partial charge in [-0.3, -0.25) is 5.10 Å². The maximum Gasteiger partial charge on any atom is 0.152 e. The van der Waals surface area contributed by atoms with Crippen molar-refractivity contribution in [2.24, 2.45) is 5.92 Å². The first-order valence-corrected chi connectivity index (χ1v) is 8.28. The molecule has 3 rings (SSSR count). The van der Waals surface area contributed by atoms with Gasteiger partial charge in [0.2, 0.25) is 0 Å². The van der Waals surface area contributed by atoms with E-state index < -0.39 is 0 Å². The van der Waals surface area contributed by atoms with Gasteiger partial charge in [-0.15, -0.1) is 0 Å². The zero-order chi connectivity index (χ0) is 15.4. The second kappa shape index (κ2) is 7.11. The first-order valence-electron chi connectivity index (χ1n) is 8.28.